The molecule has 4 rings (SSSR count). The molecule has 0 bridgehead atoms. The quantitative estimate of drug-likeness (QED) is 0.737. The van der Waals surface area contributed by atoms with Crippen molar-refractivity contribution in [2.75, 3.05) is 11.9 Å². The molecule has 5 heteroatoms. The molecule has 3 aromatic rings. The SMILES string of the molecule is Cc1ccc(NC(=O)c2cc(C(=O)N3CCc4ccccc4C3)ccn2)cc1C. The van der Waals surface area contributed by atoms with Crippen LogP contribution in [0.1, 0.15) is 43.1 Å². The number of aromatic nitrogens is 1. The molecule has 1 aromatic heterocycles. The van der Waals surface area contributed by atoms with Crippen LogP contribution in [0.15, 0.2) is 60.8 Å². The number of anilines is 1. The summed E-state index contributed by atoms with van der Waals surface area (Å²) in [5.74, 6) is -0.408. The molecule has 0 spiro atoms. The van der Waals surface area contributed by atoms with Gasteiger partial charge in [-0.2, -0.15) is 0 Å². The Balaban J connectivity index is 1.50. The molecule has 0 atom stereocenters. The Hall–Kier alpha value is -3.47. The molecule has 2 heterocycles. The molecule has 0 aliphatic carbocycles. The first-order valence-electron chi connectivity index (χ1n) is 9.72. The molecular formula is C24H23N3O2. The molecule has 5 nitrogen and oxygen atoms in total. The highest BCUT2D eigenvalue weighted by Crippen LogP contribution is 2.21. The molecule has 0 saturated heterocycles. The van der Waals surface area contributed by atoms with Gasteiger partial charge < -0.3 is 10.2 Å². The molecule has 1 aliphatic rings. The molecule has 0 unspecified atom stereocenters. The standard InChI is InChI=1S/C24H23N3O2/c1-16-7-8-21(13-17(16)2)26-23(28)22-14-19(9-11-25-22)24(29)27-12-10-18-5-3-4-6-20(18)15-27/h3-9,11,13-14H,10,12,15H2,1-2H3,(H,26,28). The fourth-order valence-electron chi connectivity index (χ4n) is 3.55. The fraction of sp³-hybridized carbons (Fsp3) is 0.208. The summed E-state index contributed by atoms with van der Waals surface area (Å²) in [6, 6.07) is 17.2. The summed E-state index contributed by atoms with van der Waals surface area (Å²) in [4.78, 5) is 31.6. The van der Waals surface area contributed by atoms with Gasteiger partial charge in [-0.1, -0.05) is 30.3 Å². The van der Waals surface area contributed by atoms with Gasteiger partial charge in [-0.3, -0.25) is 14.6 Å². The maximum atomic E-state index is 13.0. The third-order valence-corrected chi connectivity index (χ3v) is 5.42. The van der Waals surface area contributed by atoms with Gasteiger partial charge in [0.2, 0.25) is 0 Å². The van der Waals surface area contributed by atoms with E-state index in [0.29, 0.717) is 24.3 Å². The van der Waals surface area contributed by atoms with Crippen LogP contribution in [-0.4, -0.2) is 28.2 Å². The number of carbonyl (C=O) groups is 2. The number of fused-ring (bicyclic) bond motifs is 1. The van der Waals surface area contributed by atoms with Crippen LogP contribution in [0.25, 0.3) is 0 Å². The number of pyridine rings is 1. The van der Waals surface area contributed by atoms with E-state index >= 15 is 0 Å². The van der Waals surface area contributed by atoms with E-state index in [4.69, 9.17) is 0 Å². The summed E-state index contributed by atoms with van der Waals surface area (Å²) in [6.45, 7) is 5.28. The number of aryl methyl sites for hydroxylation is 2. The first kappa shape index (κ1) is 18.9. The third-order valence-electron chi connectivity index (χ3n) is 5.42. The highest BCUT2D eigenvalue weighted by Gasteiger charge is 2.22. The van der Waals surface area contributed by atoms with Gasteiger partial charge in [0.25, 0.3) is 11.8 Å². The van der Waals surface area contributed by atoms with Crippen molar-refractivity contribution in [3.63, 3.8) is 0 Å². The smallest absolute Gasteiger partial charge is 0.274 e. The van der Waals surface area contributed by atoms with E-state index < -0.39 is 0 Å². The van der Waals surface area contributed by atoms with Gasteiger partial charge in [0.05, 0.1) is 0 Å². The zero-order chi connectivity index (χ0) is 20.4. The van der Waals surface area contributed by atoms with Crippen LogP contribution in [-0.2, 0) is 13.0 Å². The van der Waals surface area contributed by atoms with E-state index in [-0.39, 0.29) is 17.5 Å². The average Bonchev–Trinajstić information content (AvgIpc) is 2.75. The fourth-order valence-corrected chi connectivity index (χ4v) is 3.55. The minimum absolute atomic E-state index is 0.0814. The Kier molecular flexibility index (Phi) is 5.12. The Labute approximate surface area is 170 Å². The number of hydrogen-bond acceptors (Lipinski definition) is 3. The van der Waals surface area contributed by atoms with Gasteiger partial charge in [0.1, 0.15) is 5.69 Å². The van der Waals surface area contributed by atoms with Gasteiger partial charge in [-0.25, -0.2) is 0 Å². The predicted octanol–water partition coefficient (Wildman–Crippen LogP) is 4.15. The highest BCUT2D eigenvalue weighted by atomic mass is 16.2. The second-order valence-electron chi connectivity index (χ2n) is 7.43. The van der Waals surface area contributed by atoms with Crippen LogP contribution >= 0.6 is 0 Å². The second-order valence-corrected chi connectivity index (χ2v) is 7.43. The van der Waals surface area contributed by atoms with Gasteiger partial charge in [-0.05, 0) is 66.8 Å². The Morgan fingerprint density at radius 3 is 2.55 bits per heavy atom. The van der Waals surface area contributed by atoms with Crippen molar-refractivity contribution in [2.24, 2.45) is 0 Å². The Morgan fingerprint density at radius 2 is 1.76 bits per heavy atom. The molecule has 0 saturated carbocycles. The first-order chi connectivity index (χ1) is 14.0. The summed E-state index contributed by atoms with van der Waals surface area (Å²) >= 11 is 0. The first-order valence-corrected chi connectivity index (χ1v) is 9.72. The zero-order valence-electron chi connectivity index (χ0n) is 16.6. The monoisotopic (exact) mass is 385 g/mol. The third kappa shape index (κ3) is 4.04. The van der Waals surface area contributed by atoms with Crippen LogP contribution in [0.5, 0.6) is 0 Å². The van der Waals surface area contributed by atoms with Crippen LogP contribution < -0.4 is 5.32 Å². The van der Waals surface area contributed by atoms with Crippen molar-refractivity contribution in [3.05, 3.63) is 94.3 Å². The lowest BCUT2D eigenvalue weighted by atomic mass is 9.99. The maximum Gasteiger partial charge on any atom is 0.274 e. The summed E-state index contributed by atoms with van der Waals surface area (Å²) in [5, 5.41) is 2.86. The van der Waals surface area contributed by atoms with Crippen LogP contribution in [0, 0.1) is 13.8 Å². The number of amides is 2. The molecule has 2 amide bonds. The lowest BCUT2D eigenvalue weighted by molar-refractivity contribution is 0.0734. The number of nitrogens with zero attached hydrogens (tertiary/aromatic N) is 2. The molecule has 0 radical (unpaired) electrons. The number of carbonyl (C=O) groups excluding carboxylic acids is 2. The van der Waals surface area contributed by atoms with E-state index in [9.17, 15) is 9.59 Å². The molecule has 1 N–H and O–H groups in total. The number of nitrogens with one attached hydrogen (secondary N) is 1. The maximum absolute atomic E-state index is 13.0. The Morgan fingerprint density at radius 1 is 0.966 bits per heavy atom. The van der Waals surface area contributed by atoms with E-state index in [0.717, 1.165) is 17.5 Å². The molecule has 146 valence electrons. The molecular weight excluding hydrogens is 362 g/mol. The van der Waals surface area contributed by atoms with Crippen molar-refractivity contribution >= 4 is 17.5 Å². The van der Waals surface area contributed by atoms with E-state index in [1.54, 1.807) is 12.1 Å². The zero-order valence-corrected chi connectivity index (χ0v) is 16.6. The van der Waals surface area contributed by atoms with Gasteiger partial charge in [0, 0.05) is 30.5 Å². The van der Waals surface area contributed by atoms with Crippen LogP contribution in [0.4, 0.5) is 5.69 Å². The normalized spacial score (nSPS) is 13.0. The largest absolute Gasteiger partial charge is 0.334 e. The number of benzene rings is 2. The summed E-state index contributed by atoms with van der Waals surface area (Å²) < 4.78 is 0. The molecule has 2 aromatic carbocycles. The van der Waals surface area contributed by atoms with Gasteiger partial charge in [-0.15, -0.1) is 0 Å². The topological polar surface area (TPSA) is 62.3 Å². The van der Waals surface area contributed by atoms with Gasteiger partial charge in [0.15, 0.2) is 0 Å². The van der Waals surface area contributed by atoms with Crippen LogP contribution in [0.2, 0.25) is 0 Å². The van der Waals surface area contributed by atoms with E-state index in [1.807, 2.05) is 49.1 Å². The second kappa shape index (κ2) is 7.87. The summed E-state index contributed by atoms with van der Waals surface area (Å²) in [5.41, 5.74) is 6.15. The lowest BCUT2D eigenvalue weighted by Crippen LogP contribution is -2.36. The van der Waals surface area contributed by atoms with Gasteiger partial charge >= 0.3 is 0 Å². The highest BCUT2D eigenvalue weighted by molar-refractivity contribution is 6.04. The van der Waals surface area contributed by atoms with Crippen molar-refractivity contribution in [3.8, 4) is 0 Å². The number of hydrogen-bond donors (Lipinski definition) is 1. The van der Waals surface area contributed by atoms with Crippen molar-refractivity contribution in [2.45, 2.75) is 26.8 Å². The van der Waals surface area contributed by atoms with Crippen LogP contribution in [0.3, 0.4) is 0 Å². The van der Waals surface area contributed by atoms with Crippen molar-refractivity contribution in [1.82, 2.24) is 9.88 Å². The molecule has 0 fully saturated rings. The Bertz CT molecular complexity index is 1090. The number of rotatable bonds is 3. The molecule has 29 heavy (non-hydrogen) atoms. The summed E-state index contributed by atoms with van der Waals surface area (Å²) in [6.07, 6.45) is 2.35. The van der Waals surface area contributed by atoms with Crippen molar-refractivity contribution in [1.29, 1.82) is 0 Å². The average molecular weight is 385 g/mol. The minimum Gasteiger partial charge on any atom is -0.334 e. The minimum atomic E-state index is -0.327. The molecule has 1 aliphatic heterocycles. The predicted molar refractivity (Wildman–Crippen MR) is 113 cm³/mol. The van der Waals surface area contributed by atoms with E-state index in [1.165, 1.54) is 17.3 Å². The van der Waals surface area contributed by atoms with Crippen molar-refractivity contribution < 1.29 is 9.59 Å². The summed E-state index contributed by atoms with van der Waals surface area (Å²) in [7, 11) is 0. The van der Waals surface area contributed by atoms with E-state index in [2.05, 4.69) is 22.4 Å². The lowest BCUT2D eigenvalue weighted by Gasteiger charge is -2.29.